The van der Waals surface area contributed by atoms with E-state index in [2.05, 4.69) is 29.1 Å². The van der Waals surface area contributed by atoms with E-state index in [1.54, 1.807) is 0 Å². The lowest BCUT2D eigenvalue weighted by Crippen LogP contribution is -2.40. The van der Waals surface area contributed by atoms with Crippen LogP contribution in [-0.2, 0) is 0 Å². The maximum atomic E-state index is 11.1. The predicted molar refractivity (Wildman–Crippen MR) is 83.8 cm³/mol. The molecule has 0 aromatic carbocycles. The van der Waals surface area contributed by atoms with Crippen LogP contribution >= 0.6 is 0 Å². The number of piperidine rings is 1. The summed E-state index contributed by atoms with van der Waals surface area (Å²) in [4.78, 5) is 20.9. The number of aliphatic hydroxyl groups excluding tert-OH is 1. The molecular weight excluding hydrogens is 288 g/mol. The van der Waals surface area contributed by atoms with Crippen molar-refractivity contribution < 1.29 is 10.0 Å². The SMILES string of the molecule is C[C@@H]1C[C@H](C)CN(c2nc(N)c([N+](=O)[O-])c(NCCO)n2)C1. The maximum Gasteiger partial charge on any atom is 0.353 e. The van der Waals surface area contributed by atoms with Crippen molar-refractivity contribution in [3.63, 3.8) is 0 Å². The lowest BCUT2D eigenvalue weighted by Gasteiger charge is -2.35. The van der Waals surface area contributed by atoms with Gasteiger partial charge in [-0.25, -0.2) is 0 Å². The second-order valence-electron chi connectivity index (χ2n) is 5.86. The third-order valence-electron chi connectivity index (χ3n) is 3.64. The van der Waals surface area contributed by atoms with E-state index in [1.165, 1.54) is 0 Å². The molecule has 2 rings (SSSR count). The quantitative estimate of drug-likeness (QED) is 0.539. The topological polar surface area (TPSA) is 130 Å². The zero-order chi connectivity index (χ0) is 16.3. The number of nitrogen functional groups attached to an aromatic ring is 1. The van der Waals surface area contributed by atoms with Crippen LogP contribution in [-0.4, -0.2) is 46.2 Å². The van der Waals surface area contributed by atoms with Crippen LogP contribution in [0.5, 0.6) is 0 Å². The third-order valence-corrected chi connectivity index (χ3v) is 3.64. The molecular formula is C13H22N6O3. The normalized spacial score (nSPS) is 21.7. The molecule has 1 aromatic heterocycles. The molecule has 0 saturated carbocycles. The van der Waals surface area contributed by atoms with Crippen molar-refractivity contribution in [3.8, 4) is 0 Å². The number of nitrogens with zero attached hydrogens (tertiary/aromatic N) is 4. The van der Waals surface area contributed by atoms with E-state index in [0.717, 1.165) is 19.5 Å². The maximum absolute atomic E-state index is 11.1. The smallest absolute Gasteiger partial charge is 0.353 e. The summed E-state index contributed by atoms with van der Waals surface area (Å²) in [7, 11) is 0. The molecule has 1 aromatic rings. The molecule has 122 valence electrons. The van der Waals surface area contributed by atoms with Crippen molar-refractivity contribution in [3.05, 3.63) is 10.1 Å². The number of nitrogens with one attached hydrogen (secondary N) is 1. The standard InChI is InChI=1S/C13H22N6O3/c1-8-5-9(2)7-18(6-8)13-16-11(14)10(19(21)22)12(17-13)15-3-4-20/h8-9,20H,3-7H2,1-2H3,(H3,14,15,16,17)/t8-,9+. The Bertz CT molecular complexity index is 543. The van der Waals surface area contributed by atoms with Crippen molar-refractivity contribution >= 4 is 23.3 Å². The fraction of sp³-hybridized carbons (Fsp3) is 0.692. The summed E-state index contributed by atoms with van der Waals surface area (Å²) in [6.07, 6.45) is 1.13. The molecule has 0 aliphatic carbocycles. The van der Waals surface area contributed by atoms with Gasteiger partial charge >= 0.3 is 5.69 Å². The number of aliphatic hydroxyl groups is 1. The van der Waals surface area contributed by atoms with Crippen molar-refractivity contribution in [2.24, 2.45) is 11.8 Å². The van der Waals surface area contributed by atoms with E-state index < -0.39 is 4.92 Å². The zero-order valence-corrected chi connectivity index (χ0v) is 12.8. The summed E-state index contributed by atoms with van der Waals surface area (Å²) in [6, 6.07) is 0. The minimum atomic E-state index is -0.611. The van der Waals surface area contributed by atoms with Gasteiger partial charge in [0.05, 0.1) is 11.5 Å². The van der Waals surface area contributed by atoms with Crippen LogP contribution in [0.2, 0.25) is 0 Å². The summed E-state index contributed by atoms with van der Waals surface area (Å²) in [5, 5.41) is 22.8. The van der Waals surface area contributed by atoms with Gasteiger partial charge in [0.2, 0.25) is 17.6 Å². The summed E-state index contributed by atoms with van der Waals surface area (Å²) in [6.45, 7) is 5.89. The molecule has 1 fully saturated rings. The fourth-order valence-electron chi connectivity index (χ4n) is 2.91. The van der Waals surface area contributed by atoms with E-state index in [0.29, 0.717) is 17.8 Å². The molecule has 0 bridgehead atoms. The number of hydrogen-bond donors (Lipinski definition) is 3. The van der Waals surface area contributed by atoms with Crippen LogP contribution in [0.4, 0.5) is 23.3 Å². The first kappa shape index (κ1) is 16.2. The zero-order valence-electron chi connectivity index (χ0n) is 12.8. The van der Waals surface area contributed by atoms with Gasteiger partial charge in [0.15, 0.2) is 0 Å². The second-order valence-corrected chi connectivity index (χ2v) is 5.86. The van der Waals surface area contributed by atoms with E-state index in [4.69, 9.17) is 10.8 Å². The first-order valence-electron chi connectivity index (χ1n) is 7.34. The van der Waals surface area contributed by atoms with E-state index >= 15 is 0 Å². The van der Waals surface area contributed by atoms with Gasteiger partial charge in [0.25, 0.3) is 0 Å². The Morgan fingerprint density at radius 1 is 1.41 bits per heavy atom. The lowest BCUT2D eigenvalue weighted by molar-refractivity contribution is -0.383. The highest BCUT2D eigenvalue weighted by Crippen LogP contribution is 2.32. The van der Waals surface area contributed by atoms with Gasteiger partial charge in [-0.2, -0.15) is 9.97 Å². The minimum absolute atomic E-state index is 0.0485. The van der Waals surface area contributed by atoms with Crippen LogP contribution < -0.4 is 16.0 Å². The molecule has 0 radical (unpaired) electrons. The molecule has 4 N–H and O–H groups in total. The van der Waals surface area contributed by atoms with Gasteiger partial charge in [-0.05, 0) is 18.3 Å². The molecule has 1 saturated heterocycles. The number of aromatic nitrogens is 2. The summed E-state index contributed by atoms with van der Waals surface area (Å²) >= 11 is 0. The highest BCUT2D eigenvalue weighted by Gasteiger charge is 2.28. The number of nitrogens with two attached hydrogens (primary N) is 1. The molecule has 2 heterocycles. The number of rotatable bonds is 5. The molecule has 1 aliphatic heterocycles. The first-order valence-corrected chi connectivity index (χ1v) is 7.34. The molecule has 2 atom stereocenters. The van der Waals surface area contributed by atoms with E-state index in [9.17, 15) is 10.1 Å². The Kier molecular flexibility index (Phi) is 4.96. The minimum Gasteiger partial charge on any atom is -0.395 e. The number of hydrogen-bond acceptors (Lipinski definition) is 8. The fourth-order valence-corrected chi connectivity index (χ4v) is 2.91. The van der Waals surface area contributed by atoms with Gasteiger partial charge in [-0.3, -0.25) is 10.1 Å². The molecule has 22 heavy (non-hydrogen) atoms. The van der Waals surface area contributed by atoms with E-state index in [1.807, 2.05) is 4.90 Å². The van der Waals surface area contributed by atoms with Crippen molar-refractivity contribution in [1.82, 2.24) is 9.97 Å². The van der Waals surface area contributed by atoms with E-state index in [-0.39, 0.29) is 30.5 Å². The van der Waals surface area contributed by atoms with Crippen molar-refractivity contribution in [2.45, 2.75) is 20.3 Å². The van der Waals surface area contributed by atoms with Crippen LogP contribution in [0, 0.1) is 22.0 Å². The molecule has 9 nitrogen and oxygen atoms in total. The molecule has 9 heteroatoms. The Labute approximate surface area is 128 Å². The first-order chi connectivity index (χ1) is 10.4. The van der Waals surface area contributed by atoms with Gasteiger partial charge in [0, 0.05) is 19.6 Å². The third kappa shape index (κ3) is 3.53. The van der Waals surface area contributed by atoms with Crippen molar-refractivity contribution in [1.29, 1.82) is 0 Å². The van der Waals surface area contributed by atoms with Gasteiger partial charge in [0.1, 0.15) is 0 Å². The largest absolute Gasteiger partial charge is 0.395 e. The summed E-state index contributed by atoms with van der Waals surface area (Å²) in [5.74, 6) is 1.27. The Hall–Kier alpha value is -2.16. The van der Waals surface area contributed by atoms with Gasteiger partial charge < -0.3 is 21.1 Å². The molecule has 0 unspecified atom stereocenters. The molecule has 0 amide bonds. The van der Waals surface area contributed by atoms with Crippen LogP contribution in [0.1, 0.15) is 20.3 Å². The highest BCUT2D eigenvalue weighted by atomic mass is 16.6. The predicted octanol–water partition coefficient (Wildman–Crippen LogP) is 0.853. The number of nitro groups is 1. The van der Waals surface area contributed by atoms with Gasteiger partial charge in [-0.1, -0.05) is 13.8 Å². The van der Waals surface area contributed by atoms with Crippen LogP contribution in [0.15, 0.2) is 0 Å². The molecule has 1 aliphatic rings. The number of anilines is 3. The van der Waals surface area contributed by atoms with Crippen LogP contribution in [0.25, 0.3) is 0 Å². The molecule has 0 spiro atoms. The monoisotopic (exact) mass is 310 g/mol. The van der Waals surface area contributed by atoms with Gasteiger partial charge in [-0.15, -0.1) is 0 Å². The highest BCUT2D eigenvalue weighted by molar-refractivity contribution is 5.70. The average molecular weight is 310 g/mol. The lowest BCUT2D eigenvalue weighted by atomic mass is 9.92. The Balaban J connectivity index is 2.36. The summed E-state index contributed by atoms with van der Waals surface area (Å²) < 4.78 is 0. The van der Waals surface area contributed by atoms with Crippen LogP contribution in [0.3, 0.4) is 0 Å². The Morgan fingerprint density at radius 2 is 2.05 bits per heavy atom. The van der Waals surface area contributed by atoms with Crippen molar-refractivity contribution in [2.75, 3.05) is 42.2 Å². The second kappa shape index (κ2) is 6.73. The average Bonchev–Trinajstić information content (AvgIpc) is 2.42. The summed E-state index contributed by atoms with van der Waals surface area (Å²) in [5.41, 5.74) is 5.40. The Morgan fingerprint density at radius 3 is 2.59 bits per heavy atom.